The highest BCUT2D eigenvalue weighted by molar-refractivity contribution is 6.05. The lowest BCUT2D eigenvalue weighted by atomic mass is 10.1. The molecule has 2 rings (SSSR count). The smallest absolute Gasteiger partial charge is 0.253 e. The Morgan fingerprint density at radius 2 is 2.11 bits per heavy atom. The van der Waals surface area contributed by atoms with Crippen LogP contribution in [-0.4, -0.2) is 29.1 Å². The first kappa shape index (κ1) is 12.6. The van der Waals surface area contributed by atoms with Gasteiger partial charge in [0.05, 0.1) is 11.1 Å². The number of unbranched alkanes of at least 4 members (excludes halogenated alkanes) is 2. The van der Waals surface area contributed by atoms with E-state index in [4.69, 9.17) is 5.11 Å². The summed E-state index contributed by atoms with van der Waals surface area (Å²) in [7, 11) is 0. The molecular formula is C14H18N2O2. The van der Waals surface area contributed by atoms with E-state index in [0.29, 0.717) is 12.1 Å². The summed E-state index contributed by atoms with van der Waals surface area (Å²) in [6.45, 7) is 0.867. The highest BCUT2D eigenvalue weighted by atomic mass is 16.2. The Kier molecular flexibility index (Phi) is 4.36. The molecule has 1 amide bonds. The lowest BCUT2D eigenvalue weighted by Gasteiger charge is -2.06. The minimum atomic E-state index is -0.0490. The van der Waals surface area contributed by atoms with Gasteiger partial charge in [-0.2, -0.15) is 0 Å². The molecule has 0 unspecified atom stereocenters. The molecule has 0 radical (unpaired) electrons. The summed E-state index contributed by atoms with van der Waals surface area (Å²) >= 11 is 0. The molecule has 0 spiro atoms. The van der Waals surface area contributed by atoms with Crippen molar-refractivity contribution in [2.75, 3.05) is 13.2 Å². The number of rotatable bonds is 6. The zero-order chi connectivity index (χ0) is 12.8. The minimum Gasteiger partial charge on any atom is -0.396 e. The normalized spacial score (nSPS) is 10.7. The molecular weight excluding hydrogens is 228 g/mol. The van der Waals surface area contributed by atoms with E-state index >= 15 is 0 Å². The average molecular weight is 246 g/mol. The van der Waals surface area contributed by atoms with Crippen LogP contribution in [0.2, 0.25) is 0 Å². The molecule has 0 saturated heterocycles. The van der Waals surface area contributed by atoms with Crippen LogP contribution in [0.4, 0.5) is 0 Å². The number of nitrogens with one attached hydrogen (secondary N) is 2. The third-order valence-electron chi connectivity index (χ3n) is 2.95. The Hall–Kier alpha value is -1.81. The number of para-hydroxylation sites is 1. The zero-order valence-corrected chi connectivity index (χ0v) is 10.3. The number of benzene rings is 1. The van der Waals surface area contributed by atoms with Crippen molar-refractivity contribution >= 4 is 16.8 Å². The molecule has 0 aliphatic carbocycles. The Morgan fingerprint density at radius 1 is 1.22 bits per heavy atom. The molecule has 3 N–H and O–H groups in total. The number of aromatic nitrogens is 1. The number of hydrogen-bond donors (Lipinski definition) is 3. The highest BCUT2D eigenvalue weighted by Gasteiger charge is 2.09. The van der Waals surface area contributed by atoms with Gasteiger partial charge in [0.25, 0.3) is 5.91 Å². The van der Waals surface area contributed by atoms with Crippen LogP contribution in [0.3, 0.4) is 0 Å². The summed E-state index contributed by atoms with van der Waals surface area (Å²) in [5.41, 5.74) is 1.56. The van der Waals surface area contributed by atoms with Crippen LogP contribution in [0.25, 0.3) is 10.9 Å². The molecule has 4 heteroatoms. The fraction of sp³-hybridized carbons (Fsp3) is 0.357. The van der Waals surface area contributed by atoms with Gasteiger partial charge in [-0.1, -0.05) is 12.1 Å². The summed E-state index contributed by atoms with van der Waals surface area (Å²) in [6, 6.07) is 7.63. The van der Waals surface area contributed by atoms with Gasteiger partial charge in [0.15, 0.2) is 0 Å². The Bertz CT molecular complexity index is 519. The van der Waals surface area contributed by atoms with E-state index < -0.39 is 0 Å². The maximum Gasteiger partial charge on any atom is 0.253 e. The number of aliphatic hydroxyl groups is 1. The van der Waals surface area contributed by atoms with Crippen LogP contribution in [0.15, 0.2) is 30.5 Å². The Balaban J connectivity index is 1.94. The van der Waals surface area contributed by atoms with Crippen molar-refractivity contribution in [3.63, 3.8) is 0 Å². The van der Waals surface area contributed by atoms with Gasteiger partial charge in [0.2, 0.25) is 0 Å². The minimum absolute atomic E-state index is 0.0490. The largest absolute Gasteiger partial charge is 0.396 e. The summed E-state index contributed by atoms with van der Waals surface area (Å²) < 4.78 is 0. The van der Waals surface area contributed by atoms with Crippen LogP contribution in [-0.2, 0) is 0 Å². The third kappa shape index (κ3) is 2.90. The lowest BCUT2D eigenvalue weighted by molar-refractivity contribution is 0.0954. The summed E-state index contributed by atoms with van der Waals surface area (Å²) in [5.74, 6) is -0.0490. The van der Waals surface area contributed by atoms with Crippen molar-refractivity contribution in [3.8, 4) is 0 Å². The van der Waals surface area contributed by atoms with E-state index in [9.17, 15) is 4.79 Å². The van der Waals surface area contributed by atoms with Gasteiger partial charge < -0.3 is 15.4 Å². The van der Waals surface area contributed by atoms with Crippen LogP contribution in [0.5, 0.6) is 0 Å². The molecule has 0 atom stereocenters. The van der Waals surface area contributed by atoms with Gasteiger partial charge in [-0.15, -0.1) is 0 Å². The summed E-state index contributed by atoms with van der Waals surface area (Å²) in [5, 5.41) is 12.6. The highest BCUT2D eigenvalue weighted by Crippen LogP contribution is 2.16. The van der Waals surface area contributed by atoms with Crippen LogP contribution in [0.1, 0.15) is 29.6 Å². The van der Waals surface area contributed by atoms with Crippen LogP contribution < -0.4 is 5.32 Å². The quantitative estimate of drug-likeness (QED) is 0.683. The average Bonchev–Trinajstić information content (AvgIpc) is 2.86. The monoisotopic (exact) mass is 246 g/mol. The van der Waals surface area contributed by atoms with Crippen molar-refractivity contribution in [1.82, 2.24) is 10.3 Å². The van der Waals surface area contributed by atoms with Gasteiger partial charge in [0.1, 0.15) is 0 Å². The number of fused-ring (bicyclic) bond motifs is 1. The zero-order valence-electron chi connectivity index (χ0n) is 10.3. The van der Waals surface area contributed by atoms with Crippen molar-refractivity contribution < 1.29 is 9.90 Å². The lowest BCUT2D eigenvalue weighted by Crippen LogP contribution is -2.24. The molecule has 18 heavy (non-hydrogen) atoms. The van der Waals surface area contributed by atoms with Crippen molar-refractivity contribution in [2.45, 2.75) is 19.3 Å². The number of amides is 1. The Morgan fingerprint density at radius 3 is 2.94 bits per heavy atom. The molecule has 0 saturated carbocycles. The molecule has 0 aliphatic rings. The van der Waals surface area contributed by atoms with E-state index in [2.05, 4.69) is 10.3 Å². The first-order valence-corrected chi connectivity index (χ1v) is 6.28. The van der Waals surface area contributed by atoms with Crippen molar-refractivity contribution in [1.29, 1.82) is 0 Å². The molecule has 1 aromatic heterocycles. The number of aliphatic hydroxyl groups excluding tert-OH is 1. The second-order valence-corrected chi connectivity index (χ2v) is 4.29. The van der Waals surface area contributed by atoms with Crippen LogP contribution in [0, 0.1) is 0 Å². The number of H-pyrrole nitrogens is 1. The predicted octanol–water partition coefficient (Wildman–Crippen LogP) is 2.06. The van der Waals surface area contributed by atoms with E-state index in [1.54, 1.807) is 0 Å². The Labute approximate surface area is 106 Å². The van der Waals surface area contributed by atoms with Gasteiger partial charge in [-0.3, -0.25) is 4.79 Å². The van der Waals surface area contributed by atoms with E-state index in [0.717, 1.165) is 30.2 Å². The van der Waals surface area contributed by atoms with Gasteiger partial charge >= 0.3 is 0 Å². The molecule has 1 heterocycles. The standard InChI is InChI=1S/C14H18N2O2/c17-10-3-1-2-8-16-14(18)12-6-4-5-11-7-9-15-13(11)12/h4-7,9,15,17H,1-3,8,10H2,(H,16,18). The fourth-order valence-electron chi connectivity index (χ4n) is 1.98. The van der Waals surface area contributed by atoms with Gasteiger partial charge in [-0.05, 0) is 31.4 Å². The van der Waals surface area contributed by atoms with Crippen molar-refractivity contribution in [2.24, 2.45) is 0 Å². The molecule has 0 aliphatic heterocycles. The number of aromatic amines is 1. The second kappa shape index (κ2) is 6.21. The summed E-state index contributed by atoms with van der Waals surface area (Å²) in [6.07, 6.45) is 4.46. The maximum absolute atomic E-state index is 12.0. The van der Waals surface area contributed by atoms with Gasteiger partial charge in [0, 0.05) is 24.7 Å². The van der Waals surface area contributed by atoms with Gasteiger partial charge in [-0.25, -0.2) is 0 Å². The first-order valence-electron chi connectivity index (χ1n) is 6.28. The van der Waals surface area contributed by atoms with E-state index in [1.165, 1.54) is 0 Å². The maximum atomic E-state index is 12.0. The number of carbonyl (C=O) groups excluding carboxylic acids is 1. The van der Waals surface area contributed by atoms with Crippen molar-refractivity contribution in [3.05, 3.63) is 36.0 Å². The predicted molar refractivity (Wildman–Crippen MR) is 71.6 cm³/mol. The molecule has 1 aromatic carbocycles. The van der Waals surface area contributed by atoms with E-state index in [-0.39, 0.29) is 12.5 Å². The van der Waals surface area contributed by atoms with E-state index in [1.807, 2.05) is 30.5 Å². The SMILES string of the molecule is O=C(NCCCCCO)c1cccc2cc[nH]c12. The second-order valence-electron chi connectivity index (χ2n) is 4.29. The number of carbonyl (C=O) groups is 1. The first-order chi connectivity index (χ1) is 8.83. The molecule has 0 bridgehead atoms. The molecule has 96 valence electrons. The topological polar surface area (TPSA) is 65.1 Å². The summed E-state index contributed by atoms with van der Waals surface area (Å²) in [4.78, 5) is 15.1. The molecule has 2 aromatic rings. The van der Waals surface area contributed by atoms with Crippen LogP contribution >= 0.6 is 0 Å². The molecule has 0 fully saturated rings. The number of hydrogen-bond acceptors (Lipinski definition) is 2. The molecule has 4 nitrogen and oxygen atoms in total. The third-order valence-corrected chi connectivity index (χ3v) is 2.95. The fourth-order valence-corrected chi connectivity index (χ4v) is 1.98.